The molecule has 1 atom stereocenters. The number of ether oxygens (including phenoxy) is 2. The highest BCUT2D eigenvalue weighted by Crippen LogP contribution is 2.16. The van der Waals surface area contributed by atoms with E-state index < -0.39 is 5.82 Å². The molecule has 92 valence electrons. The van der Waals surface area contributed by atoms with Gasteiger partial charge >= 0.3 is 0 Å². The molecule has 0 radical (unpaired) electrons. The number of methoxy groups -OCH3 is 1. The minimum absolute atomic E-state index is 0.0491. The molecule has 0 heterocycles. The molecule has 1 rings (SSSR count). The van der Waals surface area contributed by atoms with E-state index in [-0.39, 0.29) is 18.3 Å². The molecule has 3 nitrogen and oxygen atoms in total. The molecule has 1 aromatic rings. The van der Waals surface area contributed by atoms with Crippen LogP contribution >= 0.6 is 0 Å². The van der Waals surface area contributed by atoms with E-state index in [0.29, 0.717) is 12.4 Å². The summed E-state index contributed by atoms with van der Waals surface area (Å²) in [7, 11) is 1.59. The first-order valence-corrected chi connectivity index (χ1v) is 5.22. The van der Waals surface area contributed by atoms with Gasteiger partial charge in [-0.2, -0.15) is 0 Å². The molecule has 17 heavy (non-hydrogen) atoms. The van der Waals surface area contributed by atoms with E-state index in [4.69, 9.17) is 14.6 Å². The van der Waals surface area contributed by atoms with Crippen molar-refractivity contribution in [3.8, 4) is 17.6 Å². The van der Waals surface area contributed by atoms with Crippen LogP contribution in [0.15, 0.2) is 18.2 Å². The number of hydrogen-bond acceptors (Lipinski definition) is 3. The van der Waals surface area contributed by atoms with Crippen LogP contribution in [0.4, 0.5) is 4.39 Å². The Balaban J connectivity index is 2.68. The zero-order valence-electron chi connectivity index (χ0n) is 9.87. The number of hydrogen-bond donors (Lipinski definition) is 1. The van der Waals surface area contributed by atoms with Gasteiger partial charge in [0.1, 0.15) is 24.8 Å². The Morgan fingerprint density at radius 3 is 2.82 bits per heavy atom. The van der Waals surface area contributed by atoms with Gasteiger partial charge in [0.25, 0.3) is 0 Å². The minimum Gasteiger partial charge on any atom is -0.491 e. The molecule has 0 aliphatic heterocycles. The lowest BCUT2D eigenvalue weighted by Gasteiger charge is -2.11. The molecule has 0 saturated carbocycles. The van der Waals surface area contributed by atoms with Crippen molar-refractivity contribution in [1.29, 1.82) is 0 Å². The first-order chi connectivity index (χ1) is 8.17. The SMILES string of the molecule is COC(C)COc1ccc(C#CCO)c(F)c1. The highest BCUT2D eigenvalue weighted by atomic mass is 19.1. The van der Waals surface area contributed by atoms with Crippen LogP contribution < -0.4 is 4.74 Å². The molecule has 0 fully saturated rings. The fourth-order valence-electron chi connectivity index (χ4n) is 1.10. The fourth-order valence-corrected chi connectivity index (χ4v) is 1.10. The van der Waals surface area contributed by atoms with Crippen LogP contribution in [-0.4, -0.2) is 31.5 Å². The van der Waals surface area contributed by atoms with Gasteiger partial charge in [0.15, 0.2) is 0 Å². The molecule has 0 amide bonds. The van der Waals surface area contributed by atoms with Gasteiger partial charge in [-0.1, -0.05) is 11.8 Å². The van der Waals surface area contributed by atoms with Crippen molar-refractivity contribution in [2.45, 2.75) is 13.0 Å². The summed E-state index contributed by atoms with van der Waals surface area (Å²) < 4.78 is 23.8. The average Bonchev–Trinajstić information content (AvgIpc) is 2.34. The maximum absolute atomic E-state index is 13.5. The van der Waals surface area contributed by atoms with Crippen molar-refractivity contribution in [3.05, 3.63) is 29.6 Å². The smallest absolute Gasteiger partial charge is 0.142 e. The van der Waals surface area contributed by atoms with Gasteiger partial charge in [0.05, 0.1) is 11.7 Å². The lowest BCUT2D eigenvalue weighted by molar-refractivity contribution is 0.0715. The molecule has 0 spiro atoms. The summed E-state index contributed by atoms with van der Waals surface area (Å²) in [6.07, 6.45) is -0.0491. The van der Waals surface area contributed by atoms with E-state index >= 15 is 0 Å². The molecule has 0 aliphatic rings. The Hall–Kier alpha value is -1.57. The third kappa shape index (κ3) is 4.43. The highest BCUT2D eigenvalue weighted by molar-refractivity contribution is 5.39. The van der Waals surface area contributed by atoms with Crippen LogP contribution in [0.2, 0.25) is 0 Å². The first-order valence-electron chi connectivity index (χ1n) is 5.22. The van der Waals surface area contributed by atoms with E-state index in [0.717, 1.165) is 0 Å². The van der Waals surface area contributed by atoms with Crippen molar-refractivity contribution < 1.29 is 19.0 Å². The number of halogens is 1. The van der Waals surface area contributed by atoms with Gasteiger partial charge in [0, 0.05) is 13.2 Å². The monoisotopic (exact) mass is 238 g/mol. The molecule has 1 unspecified atom stereocenters. The van der Waals surface area contributed by atoms with Crippen molar-refractivity contribution in [2.24, 2.45) is 0 Å². The van der Waals surface area contributed by atoms with Crippen molar-refractivity contribution in [2.75, 3.05) is 20.3 Å². The van der Waals surface area contributed by atoms with Gasteiger partial charge in [-0.15, -0.1) is 0 Å². The summed E-state index contributed by atoms with van der Waals surface area (Å²) in [5.41, 5.74) is 0.242. The third-order valence-electron chi connectivity index (χ3n) is 2.13. The summed E-state index contributed by atoms with van der Waals surface area (Å²) in [5, 5.41) is 8.51. The zero-order valence-corrected chi connectivity index (χ0v) is 9.87. The van der Waals surface area contributed by atoms with Crippen molar-refractivity contribution in [3.63, 3.8) is 0 Å². The van der Waals surface area contributed by atoms with Crippen LogP contribution in [0.5, 0.6) is 5.75 Å². The summed E-state index contributed by atoms with van der Waals surface area (Å²) in [6, 6.07) is 4.42. The Kier molecular flexibility index (Phi) is 5.47. The number of rotatable bonds is 4. The Morgan fingerprint density at radius 1 is 1.47 bits per heavy atom. The second-order valence-electron chi connectivity index (χ2n) is 3.46. The van der Waals surface area contributed by atoms with E-state index in [1.807, 2.05) is 6.92 Å². The normalized spacial score (nSPS) is 11.5. The lowest BCUT2D eigenvalue weighted by atomic mass is 10.2. The molecule has 0 saturated heterocycles. The van der Waals surface area contributed by atoms with Crippen LogP contribution in [-0.2, 0) is 4.74 Å². The summed E-state index contributed by atoms with van der Waals surface area (Å²) in [5.74, 6) is 4.87. The molecular formula is C13H15FO3. The Morgan fingerprint density at radius 2 is 2.24 bits per heavy atom. The highest BCUT2D eigenvalue weighted by Gasteiger charge is 2.04. The molecule has 1 aromatic carbocycles. The van der Waals surface area contributed by atoms with Gasteiger partial charge in [0.2, 0.25) is 0 Å². The number of benzene rings is 1. The lowest BCUT2D eigenvalue weighted by Crippen LogP contribution is -2.15. The molecule has 0 aliphatic carbocycles. The molecule has 0 bridgehead atoms. The van der Waals surface area contributed by atoms with Crippen LogP contribution in [0, 0.1) is 17.7 Å². The van der Waals surface area contributed by atoms with Gasteiger partial charge in [-0.25, -0.2) is 4.39 Å². The Labute approximate surface area is 100 Å². The summed E-state index contributed by atoms with van der Waals surface area (Å²) >= 11 is 0. The number of aliphatic hydroxyl groups excluding tert-OH is 1. The summed E-state index contributed by atoms with van der Waals surface area (Å²) in [4.78, 5) is 0. The van der Waals surface area contributed by atoms with Crippen molar-refractivity contribution >= 4 is 0 Å². The zero-order chi connectivity index (χ0) is 12.7. The van der Waals surface area contributed by atoms with Gasteiger partial charge in [-0.3, -0.25) is 0 Å². The van der Waals surface area contributed by atoms with E-state index in [9.17, 15) is 4.39 Å². The fraction of sp³-hybridized carbons (Fsp3) is 0.385. The van der Waals surface area contributed by atoms with Gasteiger partial charge in [-0.05, 0) is 19.1 Å². The largest absolute Gasteiger partial charge is 0.491 e. The van der Waals surface area contributed by atoms with Crippen molar-refractivity contribution in [1.82, 2.24) is 0 Å². The maximum atomic E-state index is 13.5. The third-order valence-corrected chi connectivity index (χ3v) is 2.13. The van der Waals surface area contributed by atoms with Crippen LogP contribution in [0.3, 0.4) is 0 Å². The molecular weight excluding hydrogens is 223 g/mol. The minimum atomic E-state index is -0.464. The predicted molar refractivity (Wildman–Crippen MR) is 62.3 cm³/mol. The first kappa shape index (κ1) is 13.5. The second-order valence-corrected chi connectivity index (χ2v) is 3.46. The maximum Gasteiger partial charge on any atom is 0.142 e. The topological polar surface area (TPSA) is 38.7 Å². The van der Waals surface area contributed by atoms with E-state index in [2.05, 4.69) is 11.8 Å². The van der Waals surface area contributed by atoms with Crippen LogP contribution in [0.25, 0.3) is 0 Å². The number of aliphatic hydroxyl groups is 1. The second kappa shape index (κ2) is 6.89. The molecule has 0 aromatic heterocycles. The standard InChI is InChI=1S/C13H15FO3/c1-10(16-2)9-17-12-6-5-11(4-3-7-15)13(14)8-12/h5-6,8,10,15H,7,9H2,1-2H3. The van der Waals surface area contributed by atoms with E-state index in [1.165, 1.54) is 12.1 Å². The summed E-state index contributed by atoms with van der Waals surface area (Å²) in [6.45, 7) is 1.93. The van der Waals surface area contributed by atoms with Gasteiger partial charge < -0.3 is 14.6 Å². The molecule has 1 N–H and O–H groups in total. The van der Waals surface area contributed by atoms with Crippen LogP contribution in [0.1, 0.15) is 12.5 Å². The Bertz CT molecular complexity index is 420. The quantitative estimate of drug-likeness (QED) is 0.809. The van der Waals surface area contributed by atoms with E-state index in [1.54, 1.807) is 13.2 Å². The predicted octanol–water partition coefficient (Wildman–Crippen LogP) is 1.58. The molecule has 4 heteroatoms. The average molecular weight is 238 g/mol.